The molecule has 0 unspecified atom stereocenters. The molecular weight excluding hydrogens is 354 g/mol. The Morgan fingerprint density at radius 3 is 2.71 bits per heavy atom. The molecule has 0 bridgehead atoms. The van der Waals surface area contributed by atoms with Crippen molar-refractivity contribution >= 4 is 33.1 Å². The summed E-state index contributed by atoms with van der Waals surface area (Å²) < 4.78 is 8.13. The van der Waals surface area contributed by atoms with Gasteiger partial charge in [0.15, 0.2) is 11.0 Å². The number of nitrogens with one attached hydrogen (secondary N) is 2. The van der Waals surface area contributed by atoms with Gasteiger partial charge in [0, 0.05) is 17.0 Å². The van der Waals surface area contributed by atoms with Crippen LogP contribution in [0.15, 0.2) is 32.2 Å². The minimum atomic E-state index is -0.0777. The van der Waals surface area contributed by atoms with Gasteiger partial charge in [-0.05, 0) is 37.3 Å². The highest BCUT2D eigenvalue weighted by atomic mass is 16.3. The van der Waals surface area contributed by atoms with Gasteiger partial charge in [-0.2, -0.15) is 0 Å². The van der Waals surface area contributed by atoms with Crippen LogP contribution in [0.1, 0.15) is 57.6 Å². The summed E-state index contributed by atoms with van der Waals surface area (Å²) in [6.07, 6.45) is 6.54. The van der Waals surface area contributed by atoms with Crippen LogP contribution in [0.5, 0.6) is 0 Å². The van der Waals surface area contributed by atoms with Crippen molar-refractivity contribution in [3.05, 3.63) is 44.3 Å². The van der Waals surface area contributed by atoms with Gasteiger partial charge in [0.1, 0.15) is 11.2 Å². The molecule has 6 heteroatoms. The lowest BCUT2D eigenvalue weighted by Crippen LogP contribution is -2.16. The van der Waals surface area contributed by atoms with Gasteiger partial charge < -0.3 is 9.40 Å². The third kappa shape index (κ3) is 2.62. The Morgan fingerprint density at radius 1 is 1.18 bits per heavy atom. The molecule has 0 spiro atoms. The predicted octanol–water partition coefficient (Wildman–Crippen LogP) is 4.62. The van der Waals surface area contributed by atoms with E-state index in [1.165, 1.54) is 25.3 Å². The fourth-order valence-electron chi connectivity index (χ4n) is 4.71. The van der Waals surface area contributed by atoms with E-state index < -0.39 is 0 Å². The van der Waals surface area contributed by atoms with E-state index in [-0.39, 0.29) is 11.0 Å². The maximum Gasteiger partial charge on any atom is 0.274 e. The Kier molecular flexibility index (Phi) is 3.96. The quantitative estimate of drug-likeness (QED) is 0.545. The molecule has 1 fully saturated rings. The highest BCUT2D eigenvalue weighted by Crippen LogP contribution is 2.35. The average molecular weight is 379 g/mol. The standard InChI is InChI=1S/C22H25N3O3/c1-12(2)10-16-18-21(25(24-22(18)27)13-6-4-3-5-7-13)23-19-15-9-8-14(26)11-17(15)28-20(16)19/h8-9,11-13,23H,3-7,10H2,1-2H3,(H,24,27). The van der Waals surface area contributed by atoms with Crippen molar-refractivity contribution in [2.45, 2.75) is 58.4 Å². The van der Waals surface area contributed by atoms with Crippen molar-refractivity contribution in [1.29, 1.82) is 0 Å². The molecule has 6 nitrogen and oxygen atoms in total. The third-order valence-corrected chi connectivity index (χ3v) is 5.96. The van der Waals surface area contributed by atoms with E-state index in [1.807, 2.05) is 4.68 Å². The molecule has 2 N–H and O–H groups in total. The number of pyridine rings is 1. The number of benzene rings is 1. The summed E-state index contributed by atoms with van der Waals surface area (Å²) in [7, 11) is 0. The molecule has 28 heavy (non-hydrogen) atoms. The van der Waals surface area contributed by atoms with Crippen molar-refractivity contribution < 1.29 is 4.42 Å². The van der Waals surface area contributed by atoms with Gasteiger partial charge in [0.2, 0.25) is 0 Å². The van der Waals surface area contributed by atoms with E-state index in [0.717, 1.165) is 41.4 Å². The first kappa shape index (κ1) is 17.3. The topological polar surface area (TPSA) is 83.8 Å². The van der Waals surface area contributed by atoms with Crippen LogP contribution in [0.25, 0.3) is 33.1 Å². The second-order valence-electron chi connectivity index (χ2n) is 8.49. The van der Waals surface area contributed by atoms with Crippen LogP contribution in [0.3, 0.4) is 0 Å². The zero-order chi connectivity index (χ0) is 19.4. The first-order valence-corrected chi connectivity index (χ1v) is 10.2. The smallest absolute Gasteiger partial charge is 0.274 e. The van der Waals surface area contributed by atoms with Crippen LogP contribution >= 0.6 is 0 Å². The molecule has 0 saturated heterocycles. The number of hydrogen-bond acceptors (Lipinski definition) is 3. The summed E-state index contributed by atoms with van der Waals surface area (Å²) in [6, 6.07) is 5.20. The van der Waals surface area contributed by atoms with Gasteiger partial charge in [0.05, 0.1) is 16.9 Å². The Labute approximate surface area is 161 Å². The van der Waals surface area contributed by atoms with Crippen molar-refractivity contribution in [2.24, 2.45) is 5.92 Å². The molecule has 146 valence electrons. The second kappa shape index (κ2) is 6.40. The maximum absolute atomic E-state index is 13.0. The molecule has 1 aliphatic carbocycles. The van der Waals surface area contributed by atoms with Crippen LogP contribution in [-0.2, 0) is 6.42 Å². The predicted molar refractivity (Wildman–Crippen MR) is 111 cm³/mol. The van der Waals surface area contributed by atoms with Gasteiger partial charge in [-0.3, -0.25) is 19.4 Å². The number of H-pyrrole nitrogens is 2. The summed E-state index contributed by atoms with van der Waals surface area (Å²) in [4.78, 5) is 28.2. The number of nitrogens with zero attached hydrogens (tertiary/aromatic N) is 1. The highest BCUT2D eigenvalue weighted by Gasteiger charge is 2.24. The van der Waals surface area contributed by atoms with Gasteiger partial charge in [-0.15, -0.1) is 0 Å². The largest absolute Gasteiger partial charge is 0.454 e. The number of aromatic nitrogens is 3. The van der Waals surface area contributed by atoms with Gasteiger partial charge in [-0.25, -0.2) is 0 Å². The van der Waals surface area contributed by atoms with Gasteiger partial charge >= 0.3 is 0 Å². The van der Waals surface area contributed by atoms with E-state index in [2.05, 4.69) is 23.9 Å². The molecule has 0 aliphatic heterocycles. The number of aromatic amines is 2. The van der Waals surface area contributed by atoms with Crippen LogP contribution < -0.4 is 11.0 Å². The Bertz CT molecular complexity index is 1300. The zero-order valence-electron chi connectivity index (χ0n) is 16.3. The lowest BCUT2D eigenvalue weighted by molar-refractivity contribution is 0.334. The zero-order valence-corrected chi connectivity index (χ0v) is 16.3. The van der Waals surface area contributed by atoms with Crippen molar-refractivity contribution in [1.82, 2.24) is 14.8 Å². The minimum Gasteiger partial charge on any atom is -0.454 e. The van der Waals surface area contributed by atoms with Crippen molar-refractivity contribution in [3.8, 4) is 0 Å². The lowest BCUT2D eigenvalue weighted by Gasteiger charge is -2.23. The summed E-state index contributed by atoms with van der Waals surface area (Å²) >= 11 is 0. The lowest BCUT2D eigenvalue weighted by atomic mass is 9.95. The van der Waals surface area contributed by atoms with Gasteiger partial charge in [-0.1, -0.05) is 33.1 Å². The normalized spacial score (nSPS) is 16.1. The first-order valence-electron chi connectivity index (χ1n) is 10.2. The Hall–Kier alpha value is -2.76. The monoisotopic (exact) mass is 379 g/mol. The fourth-order valence-corrected chi connectivity index (χ4v) is 4.71. The molecule has 0 atom stereocenters. The van der Waals surface area contributed by atoms with Crippen LogP contribution in [0.2, 0.25) is 0 Å². The number of rotatable bonds is 3. The van der Waals surface area contributed by atoms with Crippen LogP contribution in [-0.4, -0.2) is 14.8 Å². The summed E-state index contributed by atoms with van der Waals surface area (Å²) in [6.45, 7) is 4.28. The maximum atomic E-state index is 13.0. The number of hydrogen-bond donors (Lipinski definition) is 2. The fraction of sp³-hybridized carbons (Fsp3) is 0.455. The Morgan fingerprint density at radius 2 is 1.96 bits per heavy atom. The Balaban J connectivity index is 1.89. The third-order valence-electron chi connectivity index (χ3n) is 5.96. The summed E-state index contributed by atoms with van der Waals surface area (Å²) in [5, 5.41) is 4.66. The van der Waals surface area contributed by atoms with Crippen molar-refractivity contribution in [2.75, 3.05) is 0 Å². The first-order chi connectivity index (χ1) is 13.5. The van der Waals surface area contributed by atoms with E-state index in [4.69, 9.17) is 4.42 Å². The molecule has 1 aliphatic rings. The van der Waals surface area contributed by atoms with Gasteiger partial charge in [0.25, 0.3) is 5.56 Å². The molecule has 0 radical (unpaired) electrons. The second-order valence-corrected chi connectivity index (χ2v) is 8.49. The average Bonchev–Trinajstić information content (AvgIpc) is 3.19. The SMILES string of the molecule is CC(C)Cc1c2oc3cc(=O)ccc3c2[nH]c2c1c(=O)[nH]n2C1CCCCC1. The van der Waals surface area contributed by atoms with E-state index in [9.17, 15) is 9.59 Å². The molecule has 3 aromatic heterocycles. The van der Waals surface area contributed by atoms with Crippen LogP contribution in [0.4, 0.5) is 0 Å². The summed E-state index contributed by atoms with van der Waals surface area (Å²) in [5.74, 6) is 0.370. The van der Waals surface area contributed by atoms with E-state index in [1.54, 1.807) is 12.1 Å². The molecule has 4 aromatic rings. The van der Waals surface area contributed by atoms with E-state index in [0.29, 0.717) is 28.5 Å². The number of furan rings is 1. The molecule has 3 heterocycles. The molecule has 1 aromatic carbocycles. The summed E-state index contributed by atoms with van der Waals surface area (Å²) in [5.41, 5.74) is 3.74. The van der Waals surface area contributed by atoms with E-state index >= 15 is 0 Å². The van der Waals surface area contributed by atoms with Crippen LogP contribution in [0, 0.1) is 5.92 Å². The highest BCUT2D eigenvalue weighted by molar-refractivity contribution is 6.07. The molecule has 1 saturated carbocycles. The molecule has 0 amide bonds. The van der Waals surface area contributed by atoms with Crippen molar-refractivity contribution in [3.63, 3.8) is 0 Å². The molecular formula is C22H25N3O3. The number of fused-ring (bicyclic) bond motifs is 4. The minimum absolute atomic E-state index is 0.0701. The molecule has 5 rings (SSSR count).